The quantitative estimate of drug-likeness (QED) is 0.506. The third-order valence-corrected chi connectivity index (χ3v) is 4.52. The highest BCUT2D eigenvalue weighted by molar-refractivity contribution is 5.86. The second kappa shape index (κ2) is 6.39. The van der Waals surface area contributed by atoms with Crippen LogP contribution < -0.4 is 16.0 Å². The molecular formula is C19H20N6. The van der Waals surface area contributed by atoms with Crippen LogP contribution in [-0.2, 0) is 0 Å². The second-order valence-corrected chi connectivity index (χ2v) is 6.29. The van der Waals surface area contributed by atoms with Crippen LogP contribution in [-0.4, -0.2) is 35.1 Å². The maximum Gasteiger partial charge on any atom is 0.225 e. The van der Waals surface area contributed by atoms with Gasteiger partial charge in [0.15, 0.2) is 5.96 Å². The predicted molar refractivity (Wildman–Crippen MR) is 101 cm³/mol. The highest BCUT2D eigenvalue weighted by atomic mass is 15.3. The molecule has 0 bridgehead atoms. The smallest absolute Gasteiger partial charge is 0.225 e. The molecule has 0 radical (unpaired) electrons. The molecule has 0 amide bonds. The van der Waals surface area contributed by atoms with Crippen LogP contribution in [0.4, 0.5) is 5.95 Å². The van der Waals surface area contributed by atoms with Gasteiger partial charge in [0.1, 0.15) is 0 Å². The summed E-state index contributed by atoms with van der Waals surface area (Å²) in [5.74, 6) is 0.733. The molecule has 1 fully saturated rings. The van der Waals surface area contributed by atoms with Crippen LogP contribution in [0.1, 0.15) is 6.42 Å². The first kappa shape index (κ1) is 15.4. The minimum absolute atomic E-state index is 0.0117. The van der Waals surface area contributed by atoms with Gasteiger partial charge in [0, 0.05) is 30.9 Å². The van der Waals surface area contributed by atoms with Gasteiger partial charge in [-0.2, -0.15) is 0 Å². The zero-order valence-corrected chi connectivity index (χ0v) is 13.8. The first-order valence-electron chi connectivity index (χ1n) is 8.37. The number of hydrogen-bond acceptors (Lipinski definition) is 4. The van der Waals surface area contributed by atoms with E-state index in [0.29, 0.717) is 0 Å². The Balaban J connectivity index is 1.59. The Morgan fingerprint density at radius 2 is 2.00 bits per heavy atom. The second-order valence-electron chi connectivity index (χ2n) is 6.29. The summed E-state index contributed by atoms with van der Waals surface area (Å²) in [5, 5.41) is 12.8. The molecule has 1 aromatic heterocycles. The van der Waals surface area contributed by atoms with E-state index < -0.39 is 0 Å². The van der Waals surface area contributed by atoms with Crippen LogP contribution in [0, 0.1) is 5.41 Å². The molecule has 4 rings (SSSR count). The van der Waals surface area contributed by atoms with E-state index in [1.165, 1.54) is 10.8 Å². The SMILES string of the molecule is N=C(N)N[C@@H]1CCN(c2nccc(-c3ccc4ccccc4c3)n2)C1. The van der Waals surface area contributed by atoms with Crippen molar-refractivity contribution in [2.24, 2.45) is 5.73 Å². The van der Waals surface area contributed by atoms with Crippen molar-refractivity contribution in [3.63, 3.8) is 0 Å². The van der Waals surface area contributed by atoms with Crippen LogP contribution in [0.5, 0.6) is 0 Å². The predicted octanol–water partition coefficient (Wildman–Crippen LogP) is 2.36. The summed E-state index contributed by atoms with van der Waals surface area (Å²) in [4.78, 5) is 11.3. The van der Waals surface area contributed by atoms with Crippen LogP contribution in [0.2, 0.25) is 0 Å². The Kier molecular flexibility index (Phi) is 3.93. The van der Waals surface area contributed by atoms with E-state index in [1.54, 1.807) is 6.20 Å². The maximum absolute atomic E-state index is 7.36. The summed E-state index contributed by atoms with van der Waals surface area (Å²) in [7, 11) is 0. The minimum Gasteiger partial charge on any atom is -0.370 e. The number of anilines is 1. The number of nitrogens with one attached hydrogen (secondary N) is 2. The molecule has 25 heavy (non-hydrogen) atoms. The van der Waals surface area contributed by atoms with E-state index in [9.17, 15) is 0 Å². The van der Waals surface area contributed by atoms with E-state index in [4.69, 9.17) is 16.1 Å². The van der Waals surface area contributed by atoms with Crippen molar-refractivity contribution in [2.45, 2.75) is 12.5 Å². The molecule has 1 aliphatic rings. The standard InChI is InChI=1S/C19H20N6/c20-18(21)23-16-8-10-25(12-16)19-22-9-7-17(24-19)15-6-5-13-3-1-2-4-14(13)11-15/h1-7,9,11,16H,8,10,12H2,(H4,20,21,23)/t16-/m1/s1. The van der Waals surface area contributed by atoms with Gasteiger partial charge in [-0.3, -0.25) is 5.41 Å². The molecule has 1 aliphatic heterocycles. The summed E-state index contributed by atoms with van der Waals surface area (Å²) < 4.78 is 0. The van der Waals surface area contributed by atoms with E-state index in [2.05, 4.69) is 45.5 Å². The van der Waals surface area contributed by atoms with Gasteiger partial charge in [-0.25, -0.2) is 9.97 Å². The molecule has 0 saturated carbocycles. The van der Waals surface area contributed by atoms with Gasteiger partial charge in [-0.15, -0.1) is 0 Å². The monoisotopic (exact) mass is 332 g/mol. The van der Waals surface area contributed by atoms with Crippen LogP contribution >= 0.6 is 0 Å². The third kappa shape index (κ3) is 3.24. The van der Waals surface area contributed by atoms with Gasteiger partial charge in [-0.1, -0.05) is 36.4 Å². The summed E-state index contributed by atoms with van der Waals surface area (Å²) in [6, 6.07) is 16.8. The normalized spacial score (nSPS) is 17.0. The number of rotatable bonds is 3. The lowest BCUT2D eigenvalue weighted by Gasteiger charge is -2.17. The van der Waals surface area contributed by atoms with Crippen molar-refractivity contribution >= 4 is 22.7 Å². The Morgan fingerprint density at radius 1 is 1.16 bits per heavy atom. The Bertz CT molecular complexity index is 922. The van der Waals surface area contributed by atoms with Crippen molar-refractivity contribution in [1.29, 1.82) is 5.41 Å². The van der Waals surface area contributed by atoms with Gasteiger partial charge in [0.25, 0.3) is 0 Å². The lowest BCUT2D eigenvalue weighted by atomic mass is 10.1. The highest BCUT2D eigenvalue weighted by Crippen LogP contribution is 2.25. The molecule has 0 aliphatic carbocycles. The van der Waals surface area contributed by atoms with Gasteiger partial charge >= 0.3 is 0 Å². The van der Waals surface area contributed by atoms with Crippen molar-refractivity contribution < 1.29 is 0 Å². The number of guanidine groups is 1. The van der Waals surface area contributed by atoms with Crippen molar-refractivity contribution in [3.8, 4) is 11.3 Å². The summed E-state index contributed by atoms with van der Waals surface area (Å²) >= 11 is 0. The largest absolute Gasteiger partial charge is 0.370 e. The fourth-order valence-electron chi connectivity index (χ4n) is 3.29. The number of fused-ring (bicyclic) bond motifs is 1. The average Bonchev–Trinajstić information content (AvgIpc) is 3.09. The summed E-state index contributed by atoms with van der Waals surface area (Å²) in [6.45, 7) is 1.60. The number of nitrogens with two attached hydrogens (primary N) is 1. The molecule has 0 unspecified atom stereocenters. The Hall–Kier alpha value is -3.15. The van der Waals surface area contributed by atoms with Crippen molar-refractivity contribution in [3.05, 3.63) is 54.7 Å². The maximum atomic E-state index is 7.36. The van der Waals surface area contributed by atoms with Gasteiger partial charge in [-0.05, 0) is 29.3 Å². The molecule has 126 valence electrons. The summed E-state index contributed by atoms with van der Waals surface area (Å²) in [5.41, 5.74) is 7.42. The molecule has 4 N–H and O–H groups in total. The first-order chi connectivity index (χ1) is 12.2. The van der Waals surface area contributed by atoms with E-state index in [0.717, 1.165) is 36.7 Å². The lowest BCUT2D eigenvalue weighted by Crippen LogP contribution is -2.41. The number of nitrogens with zero attached hydrogens (tertiary/aromatic N) is 3. The zero-order chi connectivity index (χ0) is 17.2. The lowest BCUT2D eigenvalue weighted by molar-refractivity contribution is 0.663. The zero-order valence-electron chi connectivity index (χ0n) is 13.8. The molecule has 1 atom stereocenters. The van der Waals surface area contributed by atoms with Crippen LogP contribution in [0.25, 0.3) is 22.0 Å². The average molecular weight is 332 g/mol. The molecule has 3 aromatic rings. The molecule has 1 saturated heterocycles. The molecule has 0 spiro atoms. The number of hydrogen-bond donors (Lipinski definition) is 3. The van der Waals surface area contributed by atoms with Gasteiger partial charge in [0.2, 0.25) is 5.95 Å². The summed E-state index contributed by atoms with van der Waals surface area (Å²) in [6.07, 6.45) is 2.72. The van der Waals surface area contributed by atoms with E-state index in [1.807, 2.05) is 18.2 Å². The third-order valence-electron chi connectivity index (χ3n) is 4.52. The molecule has 6 heteroatoms. The molecular weight excluding hydrogens is 312 g/mol. The fraction of sp³-hybridized carbons (Fsp3) is 0.211. The van der Waals surface area contributed by atoms with Crippen molar-refractivity contribution in [1.82, 2.24) is 15.3 Å². The fourth-order valence-corrected chi connectivity index (χ4v) is 3.29. The van der Waals surface area contributed by atoms with Crippen LogP contribution in [0.15, 0.2) is 54.7 Å². The Labute approximate surface area is 146 Å². The van der Waals surface area contributed by atoms with Crippen molar-refractivity contribution in [2.75, 3.05) is 18.0 Å². The first-order valence-corrected chi connectivity index (χ1v) is 8.37. The van der Waals surface area contributed by atoms with E-state index >= 15 is 0 Å². The number of benzene rings is 2. The molecule has 6 nitrogen and oxygen atoms in total. The topological polar surface area (TPSA) is 90.9 Å². The molecule has 2 aromatic carbocycles. The number of aromatic nitrogens is 2. The van der Waals surface area contributed by atoms with Gasteiger partial charge in [0.05, 0.1) is 5.69 Å². The highest BCUT2D eigenvalue weighted by Gasteiger charge is 2.24. The van der Waals surface area contributed by atoms with E-state index in [-0.39, 0.29) is 12.0 Å². The minimum atomic E-state index is 0.0117. The van der Waals surface area contributed by atoms with Crippen LogP contribution in [0.3, 0.4) is 0 Å². The van der Waals surface area contributed by atoms with Gasteiger partial charge < -0.3 is 16.0 Å². The molecule has 2 heterocycles. The Morgan fingerprint density at radius 3 is 2.84 bits per heavy atom.